The molecular weight excluding hydrogens is 231 g/mol. The van der Waals surface area contributed by atoms with Gasteiger partial charge in [0, 0.05) is 16.5 Å². The second-order valence-corrected chi connectivity index (χ2v) is 4.46. The molecule has 1 aromatic carbocycles. The number of carbonyl (C=O) groups excluding carboxylic acids is 1. The Bertz CT molecular complexity index is 435. The van der Waals surface area contributed by atoms with Crippen LogP contribution in [0.3, 0.4) is 0 Å². The van der Waals surface area contributed by atoms with E-state index >= 15 is 0 Å². The van der Waals surface area contributed by atoms with Crippen LogP contribution in [0.5, 0.6) is 0 Å². The van der Waals surface area contributed by atoms with E-state index in [0.29, 0.717) is 16.5 Å². The first kappa shape index (κ1) is 10.7. The first-order valence-corrected chi connectivity index (χ1v) is 5.61. The fourth-order valence-electron chi connectivity index (χ4n) is 1.70. The maximum absolute atomic E-state index is 11.4. The number of allylic oxidation sites excluding steroid dienone is 1. The van der Waals surface area contributed by atoms with Crippen LogP contribution in [0.25, 0.3) is 6.08 Å². The zero-order chi connectivity index (χ0) is 10.8. The van der Waals surface area contributed by atoms with Gasteiger partial charge in [-0.1, -0.05) is 29.3 Å². The van der Waals surface area contributed by atoms with Crippen molar-refractivity contribution in [2.24, 2.45) is 0 Å². The Labute approximate surface area is 98.7 Å². The lowest BCUT2D eigenvalue weighted by Crippen LogP contribution is -1.91. The molecule has 1 aromatic rings. The second-order valence-electron chi connectivity index (χ2n) is 3.61. The number of rotatable bonds is 1. The van der Waals surface area contributed by atoms with Crippen molar-refractivity contribution >= 4 is 35.1 Å². The normalized spacial score (nSPS) is 18.8. The van der Waals surface area contributed by atoms with Crippen molar-refractivity contribution in [2.75, 3.05) is 0 Å². The topological polar surface area (TPSA) is 17.1 Å². The molecule has 0 aliphatic heterocycles. The van der Waals surface area contributed by atoms with E-state index in [-0.39, 0.29) is 5.78 Å². The zero-order valence-electron chi connectivity index (χ0n) is 8.09. The predicted octanol–water partition coefficient (Wildman–Crippen LogP) is 4.13. The predicted molar refractivity (Wildman–Crippen MR) is 63.3 cm³/mol. The third kappa shape index (κ3) is 2.42. The Morgan fingerprint density at radius 2 is 2.00 bits per heavy atom. The molecule has 78 valence electrons. The Balaban J connectivity index is 2.34. The van der Waals surface area contributed by atoms with E-state index in [2.05, 4.69) is 0 Å². The highest BCUT2D eigenvalue weighted by atomic mass is 35.5. The van der Waals surface area contributed by atoms with E-state index in [0.717, 1.165) is 24.0 Å². The van der Waals surface area contributed by atoms with Gasteiger partial charge in [-0.25, -0.2) is 0 Å². The summed E-state index contributed by atoms with van der Waals surface area (Å²) in [6, 6.07) is 5.30. The molecule has 0 unspecified atom stereocenters. The minimum absolute atomic E-state index is 0.237. The summed E-state index contributed by atoms with van der Waals surface area (Å²) in [5.74, 6) is 0.237. The fraction of sp³-hybridized carbons (Fsp3) is 0.250. The third-order valence-corrected chi connectivity index (χ3v) is 3.06. The van der Waals surface area contributed by atoms with E-state index in [1.807, 2.05) is 12.1 Å². The maximum Gasteiger partial charge on any atom is 0.158 e. The fourth-order valence-corrected chi connectivity index (χ4v) is 2.16. The van der Waals surface area contributed by atoms with E-state index in [4.69, 9.17) is 23.2 Å². The maximum atomic E-state index is 11.4. The molecule has 0 spiro atoms. The van der Waals surface area contributed by atoms with E-state index in [9.17, 15) is 4.79 Å². The number of halogens is 2. The molecule has 0 atom stereocenters. The van der Waals surface area contributed by atoms with Crippen molar-refractivity contribution in [3.05, 3.63) is 39.4 Å². The Morgan fingerprint density at radius 1 is 1.20 bits per heavy atom. The van der Waals surface area contributed by atoms with Crippen LogP contribution in [-0.2, 0) is 4.79 Å². The highest BCUT2D eigenvalue weighted by molar-refractivity contribution is 6.35. The highest BCUT2D eigenvalue weighted by Crippen LogP contribution is 2.27. The van der Waals surface area contributed by atoms with Crippen molar-refractivity contribution < 1.29 is 4.79 Å². The highest BCUT2D eigenvalue weighted by Gasteiger charge is 2.16. The van der Waals surface area contributed by atoms with Crippen molar-refractivity contribution in [3.63, 3.8) is 0 Å². The van der Waals surface area contributed by atoms with Gasteiger partial charge in [0.05, 0.1) is 0 Å². The number of hydrogen-bond acceptors (Lipinski definition) is 1. The summed E-state index contributed by atoms with van der Waals surface area (Å²) in [6.45, 7) is 0. The third-order valence-electron chi connectivity index (χ3n) is 2.50. The lowest BCUT2D eigenvalue weighted by Gasteiger charge is -2.00. The van der Waals surface area contributed by atoms with E-state index in [1.165, 1.54) is 0 Å². The van der Waals surface area contributed by atoms with Gasteiger partial charge in [-0.05, 0) is 42.2 Å². The summed E-state index contributed by atoms with van der Waals surface area (Å²) >= 11 is 11.8. The summed E-state index contributed by atoms with van der Waals surface area (Å²) in [5, 5.41) is 1.20. The molecule has 3 heteroatoms. The second kappa shape index (κ2) is 4.38. The van der Waals surface area contributed by atoms with Gasteiger partial charge in [0.2, 0.25) is 0 Å². The molecule has 1 nitrogen and oxygen atoms in total. The monoisotopic (exact) mass is 240 g/mol. The van der Waals surface area contributed by atoms with Crippen LogP contribution < -0.4 is 0 Å². The van der Waals surface area contributed by atoms with Crippen LogP contribution in [0.4, 0.5) is 0 Å². The van der Waals surface area contributed by atoms with Crippen molar-refractivity contribution in [1.82, 2.24) is 0 Å². The molecule has 1 saturated carbocycles. The lowest BCUT2D eigenvalue weighted by molar-refractivity contribution is -0.114. The quantitative estimate of drug-likeness (QED) is 0.675. The van der Waals surface area contributed by atoms with Crippen molar-refractivity contribution in [3.8, 4) is 0 Å². The smallest absolute Gasteiger partial charge is 0.158 e. The van der Waals surface area contributed by atoms with Gasteiger partial charge in [-0.2, -0.15) is 0 Å². The SMILES string of the molecule is O=C1CCC/C1=C\c1ccc(Cl)cc1Cl. The van der Waals surface area contributed by atoms with Gasteiger partial charge in [0.1, 0.15) is 0 Å². The molecule has 2 rings (SSSR count). The summed E-state index contributed by atoms with van der Waals surface area (Å²) < 4.78 is 0. The Kier molecular flexibility index (Phi) is 3.13. The van der Waals surface area contributed by atoms with Crippen LogP contribution in [0.15, 0.2) is 23.8 Å². The van der Waals surface area contributed by atoms with Gasteiger partial charge < -0.3 is 0 Å². The molecule has 0 bridgehead atoms. The van der Waals surface area contributed by atoms with Crippen LogP contribution >= 0.6 is 23.2 Å². The van der Waals surface area contributed by atoms with Crippen LogP contribution in [-0.4, -0.2) is 5.78 Å². The molecule has 0 heterocycles. The van der Waals surface area contributed by atoms with Gasteiger partial charge in [-0.3, -0.25) is 4.79 Å². The molecular formula is C12H10Cl2O. The van der Waals surface area contributed by atoms with Crippen LogP contribution in [0.2, 0.25) is 10.0 Å². The molecule has 0 N–H and O–H groups in total. The molecule has 0 amide bonds. The number of benzene rings is 1. The van der Waals surface area contributed by atoms with Crippen molar-refractivity contribution in [2.45, 2.75) is 19.3 Å². The standard InChI is InChI=1S/C12H10Cl2O/c13-10-5-4-8(11(14)7-10)6-9-2-1-3-12(9)15/h4-7H,1-3H2/b9-6+. The van der Waals surface area contributed by atoms with E-state index in [1.54, 1.807) is 12.1 Å². The zero-order valence-corrected chi connectivity index (χ0v) is 9.61. The van der Waals surface area contributed by atoms with E-state index < -0.39 is 0 Å². The average Bonchev–Trinajstić information content (AvgIpc) is 2.57. The van der Waals surface area contributed by atoms with Crippen molar-refractivity contribution in [1.29, 1.82) is 0 Å². The average molecular weight is 241 g/mol. The first-order valence-electron chi connectivity index (χ1n) is 4.85. The molecule has 1 aliphatic carbocycles. The van der Waals surface area contributed by atoms with Crippen LogP contribution in [0.1, 0.15) is 24.8 Å². The summed E-state index contributed by atoms with van der Waals surface area (Å²) in [4.78, 5) is 11.4. The first-order chi connectivity index (χ1) is 7.16. The number of ketones is 1. The van der Waals surface area contributed by atoms with Crippen LogP contribution in [0, 0.1) is 0 Å². The van der Waals surface area contributed by atoms with Gasteiger partial charge in [-0.15, -0.1) is 0 Å². The van der Waals surface area contributed by atoms with Gasteiger partial charge in [0.25, 0.3) is 0 Å². The summed E-state index contributed by atoms with van der Waals surface area (Å²) in [5.41, 5.74) is 1.74. The molecule has 0 saturated heterocycles. The van der Waals surface area contributed by atoms with Gasteiger partial charge in [0.15, 0.2) is 5.78 Å². The minimum atomic E-state index is 0.237. The molecule has 15 heavy (non-hydrogen) atoms. The molecule has 0 aromatic heterocycles. The number of carbonyl (C=O) groups is 1. The molecule has 1 fully saturated rings. The largest absolute Gasteiger partial charge is 0.295 e. The van der Waals surface area contributed by atoms with Gasteiger partial charge >= 0.3 is 0 Å². The Hall–Kier alpha value is -0.790. The number of Topliss-reactive ketones (excluding diaryl/α,β-unsaturated/α-hetero) is 1. The molecule has 0 radical (unpaired) electrons. The molecule has 1 aliphatic rings. The summed E-state index contributed by atoms with van der Waals surface area (Å²) in [7, 11) is 0. The Morgan fingerprint density at radius 3 is 2.60 bits per heavy atom. The lowest BCUT2D eigenvalue weighted by atomic mass is 10.1. The number of hydrogen-bond donors (Lipinski definition) is 0. The summed E-state index contributed by atoms with van der Waals surface area (Å²) in [6.07, 6.45) is 4.35. The minimum Gasteiger partial charge on any atom is -0.295 e.